The molecule has 0 atom stereocenters. The van der Waals surface area contributed by atoms with Gasteiger partial charge < -0.3 is 14.4 Å². The van der Waals surface area contributed by atoms with Crippen LogP contribution in [-0.2, 0) is 16.6 Å². The van der Waals surface area contributed by atoms with Crippen LogP contribution in [0.1, 0.15) is 40.2 Å². The summed E-state index contributed by atoms with van der Waals surface area (Å²) in [4.78, 5) is 31.7. The Kier molecular flexibility index (Phi) is 5.16. The summed E-state index contributed by atoms with van der Waals surface area (Å²) >= 11 is 0. The van der Waals surface area contributed by atoms with Crippen LogP contribution in [0.2, 0.25) is 0 Å². The van der Waals surface area contributed by atoms with Gasteiger partial charge in [-0.3, -0.25) is 14.6 Å². The molecule has 0 spiro atoms. The highest BCUT2D eigenvalue weighted by Crippen LogP contribution is 2.51. The maximum Gasteiger partial charge on any atom is 0.253 e. The first-order valence-corrected chi connectivity index (χ1v) is 11.1. The van der Waals surface area contributed by atoms with Crippen LogP contribution in [0, 0.1) is 6.92 Å². The van der Waals surface area contributed by atoms with Gasteiger partial charge >= 0.3 is 0 Å². The van der Waals surface area contributed by atoms with Crippen molar-refractivity contribution in [1.82, 2.24) is 9.88 Å². The van der Waals surface area contributed by atoms with Crippen LogP contribution >= 0.6 is 0 Å². The molecular weight excluding hydrogens is 416 g/mol. The summed E-state index contributed by atoms with van der Waals surface area (Å²) in [5, 5.41) is 0. The van der Waals surface area contributed by atoms with E-state index in [0.29, 0.717) is 17.7 Å². The van der Waals surface area contributed by atoms with E-state index in [0.717, 1.165) is 46.7 Å². The predicted molar refractivity (Wildman–Crippen MR) is 125 cm³/mol. The molecule has 1 fully saturated rings. The topological polar surface area (TPSA) is 68.7 Å². The van der Waals surface area contributed by atoms with E-state index in [1.54, 1.807) is 19.0 Å². The first-order chi connectivity index (χ1) is 15.9. The van der Waals surface area contributed by atoms with Crippen LogP contribution in [-0.4, -0.2) is 42.5 Å². The number of benzene rings is 2. The molecule has 1 saturated carbocycles. The highest BCUT2D eigenvalue weighted by molar-refractivity contribution is 5.95. The van der Waals surface area contributed by atoms with Gasteiger partial charge in [-0.2, -0.15) is 0 Å². The first kappa shape index (κ1) is 21.2. The maximum atomic E-state index is 13.3. The van der Waals surface area contributed by atoms with Crippen molar-refractivity contribution in [3.63, 3.8) is 0 Å². The number of fused-ring (bicyclic) bond motifs is 1. The summed E-state index contributed by atoms with van der Waals surface area (Å²) in [6.07, 6.45) is 1.99. The van der Waals surface area contributed by atoms with Crippen molar-refractivity contribution in [3.05, 3.63) is 77.1 Å². The molecule has 5 rings (SSSR count). The number of ketones is 1. The molecule has 1 aliphatic heterocycles. The number of carbonyl (C=O) groups excluding carboxylic acids is 2. The van der Waals surface area contributed by atoms with Gasteiger partial charge in [0.2, 0.25) is 6.79 Å². The second-order valence-corrected chi connectivity index (χ2v) is 8.96. The SMILES string of the molecule is Cc1nc(CC(=O)C2(c3ccc4c(c3)OCO4)CC2)ccc1-c1ccc(C(=O)N(C)C)cc1. The van der Waals surface area contributed by atoms with E-state index in [9.17, 15) is 9.59 Å². The van der Waals surface area contributed by atoms with Crippen LogP contribution in [0.25, 0.3) is 11.1 Å². The van der Waals surface area contributed by atoms with Crippen molar-refractivity contribution in [2.45, 2.75) is 31.6 Å². The van der Waals surface area contributed by atoms with Gasteiger partial charge in [-0.25, -0.2) is 0 Å². The zero-order valence-corrected chi connectivity index (χ0v) is 19.1. The standard InChI is InChI=1S/C27H26N2O4/c1-17-22(18-4-6-19(7-5-18)26(31)29(2)3)10-9-21(28-17)15-25(30)27(12-13-27)20-8-11-23-24(14-20)33-16-32-23/h4-11,14H,12-13,15-16H2,1-3H3. The molecular formula is C27H26N2O4. The zero-order chi connectivity index (χ0) is 23.2. The van der Waals surface area contributed by atoms with Gasteiger partial charge in [0.1, 0.15) is 5.78 Å². The van der Waals surface area contributed by atoms with Gasteiger partial charge in [-0.05, 0) is 61.2 Å². The first-order valence-electron chi connectivity index (χ1n) is 11.1. The highest BCUT2D eigenvalue weighted by atomic mass is 16.7. The van der Waals surface area contributed by atoms with Crippen molar-refractivity contribution >= 4 is 11.7 Å². The lowest BCUT2D eigenvalue weighted by atomic mass is 9.88. The number of hydrogen-bond donors (Lipinski definition) is 0. The summed E-state index contributed by atoms with van der Waals surface area (Å²) in [7, 11) is 3.48. The van der Waals surface area contributed by atoms with E-state index >= 15 is 0 Å². The van der Waals surface area contributed by atoms with Gasteiger partial charge in [-0.15, -0.1) is 0 Å². The number of carbonyl (C=O) groups is 2. The molecule has 1 amide bonds. The minimum Gasteiger partial charge on any atom is -0.454 e. The fraction of sp³-hybridized carbons (Fsp3) is 0.296. The van der Waals surface area contributed by atoms with Crippen molar-refractivity contribution in [1.29, 1.82) is 0 Å². The molecule has 1 aliphatic carbocycles. The van der Waals surface area contributed by atoms with E-state index in [2.05, 4.69) is 0 Å². The van der Waals surface area contributed by atoms with Crippen LogP contribution < -0.4 is 9.47 Å². The molecule has 168 valence electrons. The Hall–Kier alpha value is -3.67. The van der Waals surface area contributed by atoms with Gasteiger partial charge in [0.15, 0.2) is 11.5 Å². The Balaban J connectivity index is 1.33. The molecule has 0 N–H and O–H groups in total. The molecule has 1 aromatic heterocycles. The fourth-order valence-electron chi connectivity index (χ4n) is 4.45. The number of rotatable bonds is 6. The van der Waals surface area contributed by atoms with E-state index in [1.807, 2.05) is 61.5 Å². The molecule has 0 bridgehead atoms. The number of hydrogen-bond acceptors (Lipinski definition) is 5. The molecule has 2 heterocycles. The second-order valence-electron chi connectivity index (χ2n) is 8.96. The third-order valence-corrected chi connectivity index (χ3v) is 6.54. The van der Waals surface area contributed by atoms with Crippen molar-refractivity contribution in [2.75, 3.05) is 20.9 Å². The molecule has 33 heavy (non-hydrogen) atoms. The lowest BCUT2D eigenvalue weighted by Crippen LogP contribution is -2.23. The number of nitrogens with zero attached hydrogens (tertiary/aromatic N) is 2. The summed E-state index contributed by atoms with van der Waals surface area (Å²) in [6, 6.07) is 17.3. The molecule has 6 heteroatoms. The fourth-order valence-corrected chi connectivity index (χ4v) is 4.45. The quantitative estimate of drug-likeness (QED) is 0.568. The second kappa shape index (κ2) is 8.03. The summed E-state index contributed by atoms with van der Waals surface area (Å²) in [6.45, 7) is 2.18. The van der Waals surface area contributed by atoms with Gasteiger partial charge in [-0.1, -0.05) is 24.3 Å². The van der Waals surface area contributed by atoms with E-state index < -0.39 is 5.41 Å². The molecule has 3 aromatic rings. The van der Waals surface area contributed by atoms with Gasteiger partial charge in [0.25, 0.3) is 5.91 Å². The number of ether oxygens (including phenoxy) is 2. The van der Waals surface area contributed by atoms with Gasteiger partial charge in [0.05, 0.1) is 5.41 Å². The number of amides is 1. The monoisotopic (exact) mass is 442 g/mol. The molecule has 0 radical (unpaired) electrons. The summed E-state index contributed by atoms with van der Waals surface area (Å²) < 4.78 is 10.9. The minimum atomic E-state index is -0.440. The molecule has 2 aromatic carbocycles. The lowest BCUT2D eigenvalue weighted by Gasteiger charge is -2.16. The smallest absolute Gasteiger partial charge is 0.253 e. The Morgan fingerprint density at radius 2 is 1.70 bits per heavy atom. The highest BCUT2D eigenvalue weighted by Gasteiger charge is 2.51. The van der Waals surface area contributed by atoms with Crippen molar-refractivity contribution < 1.29 is 19.1 Å². The number of aryl methyl sites for hydroxylation is 1. The summed E-state index contributed by atoms with van der Waals surface area (Å²) in [5.74, 6) is 1.60. The largest absolute Gasteiger partial charge is 0.454 e. The normalized spacial score (nSPS) is 15.2. The van der Waals surface area contributed by atoms with E-state index in [4.69, 9.17) is 14.5 Å². The predicted octanol–water partition coefficient (Wildman–Crippen LogP) is 4.33. The van der Waals surface area contributed by atoms with Crippen LogP contribution in [0.15, 0.2) is 54.6 Å². The molecule has 0 unspecified atom stereocenters. The number of Topliss-reactive ketones (excluding diaryl/α,β-unsaturated/α-hetero) is 1. The van der Waals surface area contributed by atoms with E-state index in [1.165, 1.54) is 0 Å². The minimum absolute atomic E-state index is 0.0262. The number of pyridine rings is 1. The molecule has 6 nitrogen and oxygen atoms in total. The average molecular weight is 443 g/mol. The lowest BCUT2D eigenvalue weighted by molar-refractivity contribution is -0.120. The van der Waals surface area contributed by atoms with E-state index in [-0.39, 0.29) is 18.5 Å². The van der Waals surface area contributed by atoms with Crippen LogP contribution in [0.4, 0.5) is 0 Å². The zero-order valence-electron chi connectivity index (χ0n) is 19.1. The van der Waals surface area contributed by atoms with Crippen molar-refractivity contribution in [2.24, 2.45) is 0 Å². The third-order valence-electron chi connectivity index (χ3n) is 6.54. The Morgan fingerprint density at radius 1 is 0.970 bits per heavy atom. The van der Waals surface area contributed by atoms with Crippen LogP contribution in [0.5, 0.6) is 11.5 Å². The summed E-state index contributed by atoms with van der Waals surface area (Å²) in [5.41, 5.74) is 4.82. The third kappa shape index (κ3) is 3.86. The average Bonchev–Trinajstić information content (AvgIpc) is 3.49. The van der Waals surface area contributed by atoms with Crippen LogP contribution in [0.3, 0.4) is 0 Å². The van der Waals surface area contributed by atoms with Crippen molar-refractivity contribution in [3.8, 4) is 22.6 Å². The number of aromatic nitrogens is 1. The molecule has 0 saturated heterocycles. The Labute approximate surface area is 193 Å². The molecule has 2 aliphatic rings. The maximum absolute atomic E-state index is 13.3. The Morgan fingerprint density at radius 3 is 2.36 bits per heavy atom. The Bertz CT molecular complexity index is 1240. The van der Waals surface area contributed by atoms with Gasteiger partial charge in [0, 0.05) is 43.0 Å².